The molecule has 0 saturated heterocycles. The summed E-state index contributed by atoms with van der Waals surface area (Å²) in [5.41, 5.74) is 12.0. The highest BCUT2D eigenvalue weighted by molar-refractivity contribution is 7.72. The summed E-state index contributed by atoms with van der Waals surface area (Å²) in [7, 11) is -21.5. The third kappa shape index (κ3) is 10.0. The van der Waals surface area contributed by atoms with Gasteiger partial charge in [0.15, 0.2) is 10.3 Å². The number of nitrogens with two attached hydrogens (primary N) is 2. The lowest BCUT2D eigenvalue weighted by Crippen LogP contribution is -2.28. The number of unbranched alkanes of at least 4 members (excludes halogenated alkanes) is 1. The second-order valence-corrected chi connectivity index (χ2v) is 17.9. The Morgan fingerprint density at radius 1 is 0.615 bits per heavy atom. The molecule has 2 aromatic heterocycles. The molecule has 0 bridgehead atoms. The molecule has 0 fully saturated rings. The van der Waals surface area contributed by atoms with E-state index in [0.29, 0.717) is 34.5 Å². The van der Waals surface area contributed by atoms with Gasteiger partial charge in [-0.15, -0.1) is 22.7 Å². The van der Waals surface area contributed by atoms with Crippen LogP contribution < -0.4 is 11.5 Å². The number of anilines is 2. The number of rotatable bonds is 13. The van der Waals surface area contributed by atoms with Crippen molar-refractivity contribution in [2.75, 3.05) is 11.5 Å². The highest BCUT2D eigenvalue weighted by atomic mass is 32.1. The largest absolute Gasteiger partial charge is 0.375 e. The van der Waals surface area contributed by atoms with Crippen LogP contribution in [0.5, 0.6) is 0 Å². The third-order valence-corrected chi connectivity index (χ3v) is 14.3. The van der Waals surface area contributed by atoms with Crippen LogP contribution in [0.25, 0.3) is 0 Å². The van der Waals surface area contributed by atoms with Crippen molar-refractivity contribution in [3.05, 3.63) is 22.1 Å². The van der Waals surface area contributed by atoms with E-state index in [9.17, 15) is 28.5 Å². The molecule has 14 N–H and O–H groups in total. The molecule has 0 saturated carbocycles. The van der Waals surface area contributed by atoms with E-state index < -0.39 is 53.4 Å². The van der Waals surface area contributed by atoms with Gasteiger partial charge in [-0.2, -0.15) is 0 Å². The maximum atomic E-state index is 11.1. The quantitative estimate of drug-likeness (QED) is 0.101. The molecule has 0 aliphatic carbocycles. The number of nitrogen functional groups attached to an aromatic ring is 2. The highest BCUT2D eigenvalue weighted by Crippen LogP contribution is 2.70. The number of aromatic nitrogens is 2. The van der Waals surface area contributed by atoms with E-state index >= 15 is 0 Å². The number of aliphatic hydroxyl groups is 2. The fourth-order valence-corrected chi connectivity index (χ4v) is 8.68. The van der Waals surface area contributed by atoms with Gasteiger partial charge in [-0.1, -0.05) is 0 Å². The van der Waals surface area contributed by atoms with Gasteiger partial charge in [0.1, 0.15) is 0 Å². The van der Waals surface area contributed by atoms with E-state index in [-0.39, 0.29) is 19.3 Å². The first kappa shape index (κ1) is 36.4. The lowest BCUT2D eigenvalue weighted by Gasteiger charge is -2.29. The maximum Gasteiger partial charge on any atom is 0.369 e. The van der Waals surface area contributed by atoms with Gasteiger partial charge < -0.3 is 60.8 Å². The van der Waals surface area contributed by atoms with Crippen molar-refractivity contribution >= 4 is 63.3 Å². The summed E-state index contributed by atoms with van der Waals surface area (Å²) in [5, 5.41) is 16.6. The number of hydrogen-bond acceptors (Lipinski definition) is 12. The molecule has 0 atom stereocenters. The number of aryl methyl sites for hydroxylation is 2. The van der Waals surface area contributed by atoms with Gasteiger partial charge >= 0.3 is 30.4 Å². The van der Waals surface area contributed by atoms with Crippen LogP contribution in [0.4, 0.5) is 10.3 Å². The molecule has 2 heterocycles. The Labute approximate surface area is 229 Å². The fourth-order valence-electron chi connectivity index (χ4n) is 2.97. The zero-order chi connectivity index (χ0) is 30.5. The van der Waals surface area contributed by atoms with Crippen molar-refractivity contribution in [1.82, 2.24) is 9.97 Å². The van der Waals surface area contributed by atoms with Crippen LogP contribution in [0.15, 0.2) is 10.8 Å². The molecule has 0 amide bonds. The predicted molar refractivity (Wildman–Crippen MR) is 142 cm³/mol. The van der Waals surface area contributed by atoms with E-state index in [2.05, 4.69) is 9.97 Å². The summed E-state index contributed by atoms with van der Waals surface area (Å²) in [6, 6.07) is 0. The van der Waals surface area contributed by atoms with Gasteiger partial charge in [-0.05, 0) is 38.5 Å². The van der Waals surface area contributed by atoms with E-state index in [4.69, 9.17) is 50.6 Å². The van der Waals surface area contributed by atoms with Crippen molar-refractivity contribution in [1.29, 1.82) is 0 Å². The Hall–Kier alpha value is -0.620. The van der Waals surface area contributed by atoms with Crippen LogP contribution in [0.3, 0.4) is 0 Å². The zero-order valence-electron chi connectivity index (χ0n) is 19.9. The summed E-state index contributed by atoms with van der Waals surface area (Å²) in [6.45, 7) is 0. The average Bonchev–Trinajstić information content (AvgIpc) is 3.35. The molecular weight excluding hydrogens is 648 g/mol. The second-order valence-electron chi connectivity index (χ2n) is 8.14. The molecule has 0 unspecified atom stereocenters. The average molecular weight is 678 g/mol. The standard InChI is InChI=1S/C8H16N2O7P2S.C7H14N2O7P2S/c9-7-10-6(5-20-7)3-1-2-4-8(11,18(12,13)14)19(15,16)17;8-6-9-5(4-19-6)2-1-3-7(10,17(11,12)13)18(14,15)16/h5,11H,1-4H2,(H2,9,10)(H2,12,13,14)(H2,15,16,17);4,10H,1-3H2,(H2,8,9)(H2,11,12,13)(H2,14,15,16). The van der Waals surface area contributed by atoms with Crippen LogP contribution in [-0.2, 0) is 31.1 Å². The molecule has 0 spiro atoms. The lowest BCUT2D eigenvalue weighted by molar-refractivity contribution is 0.120. The normalized spacial score (nSPS) is 13.7. The minimum Gasteiger partial charge on any atom is -0.375 e. The van der Waals surface area contributed by atoms with E-state index in [1.165, 1.54) is 22.7 Å². The monoisotopic (exact) mass is 678 g/mol. The van der Waals surface area contributed by atoms with Crippen LogP contribution in [-0.4, -0.2) is 69.5 Å². The molecule has 0 aliphatic heterocycles. The van der Waals surface area contributed by atoms with E-state index in [1.807, 2.05) is 0 Å². The Morgan fingerprint density at radius 3 is 1.21 bits per heavy atom. The summed E-state index contributed by atoms with van der Waals surface area (Å²) < 4.78 is 44.3. The van der Waals surface area contributed by atoms with Gasteiger partial charge in [0.2, 0.25) is 0 Å². The zero-order valence-corrected chi connectivity index (χ0v) is 25.1. The molecule has 2 rings (SSSR count). The Kier molecular flexibility index (Phi) is 12.7. The Balaban J connectivity index is 0.000000391. The maximum absolute atomic E-state index is 11.1. The summed E-state index contributed by atoms with van der Waals surface area (Å²) >= 11 is 2.42. The molecule has 39 heavy (non-hydrogen) atoms. The summed E-state index contributed by atoms with van der Waals surface area (Å²) in [5.74, 6) is 0. The molecule has 0 aliphatic rings. The second kappa shape index (κ2) is 13.6. The molecule has 24 heteroatoms. The minimum atomic E-state index is -5.38. The van der Waals surface area contributed by atoms with Crippen LogP contribution in [0.1, 0.15) is 43.5 Å². The first-order valence-corrected chi connectivity index (χ1v) is 18.7. The summed E-state index contributed by atoms with van der Waals surface area (Å²) in [6.07, 6.45) is -0.520. The van der Waals surface area contributed by atoms with Crippen LogP contribution in [0, 0.1) is 0 Å². The molecule has 0 aromatic carbocycles. The van der Waals surface area contributed by atoms with Crippen molar-refractivity contribution < 1.29 is 67.6 Å². The first-order chi connectivity index (χ1) is 17.4. The van der Waals surface area contributed by atoms with Gasteiger partial charge in [0, 0.05) is 17.2 Å². The number of thiazole rings is 2. The molecular formula is C15H30N4O14P4S2. The smallest absolute Gasteiger partial charge is 0.369 e. The number of hydrogen-bond donors (Lipinski definition) is 12. The van der Waals surface area contributed by atoms with E-state index in [0.717, 1.165) is 0 Å². The predicted octanol–water partition coefficient (Wildman–Crippen LogP) is 0.489. The Bertz CT molecular complexity index is 1240. The van der Waals surface area contributed by atoms with Gasteiger partial charge in [-0.25, -0.2) is 9.97 Å². The molecule has 2 aromatic rings. The van der Waals surface area contributed by atoms with E-state index in [1.54, 1.807) is 10.8 Å². The van der Waals surface area contributed by atoms with Crippen molar-refractivity contribution in [2.45, 2.75) is 55.1 Å². The lowest BCUT2D eigenvalue weighted by atomic mass is 10.1. The Morgan fingerprint density at radius 2 is 0.923 bits per heavy atom. The SMILES string of the molecule is Nc1nc(CCCC(O)(P(=O)(O)O)P(=O)(O)O)cs1.Nc1nc(CCCCC(O)(P(=O)(O)O)P(=O)(O)O)cs1. The summed E-state index contributed by atoms with van der Waals surface area (Å²) in [4.78, 5) is 79.2. The molecule has 0 radical (unpaired) electrons. The molecule has 18 nitrogen and oxygen atoms in total. The molecule has 226 valence electrons. The minimum absolute atomic E-state index is 0.0180. The topological polar surface area (TPSA) is 348 Å². The van der Waals surface area contributed by atoms with Crippen molar-refractivity contribution in [3.8, 4) is 0 Å². The van der Waals surface area contributed by atoms with Crippen molar-refractivity contribution in [3.63, 3.8) is 0 Å². The van der Waals surface area contributed by atoms with Crippen LogP contribution >= 0.6 is 53.1 Å². The van der Waals surface area contributed by atoms with Crippen molar-refractivity contribution in [2.24, 2.45) is 0 Å². The number of nitrogens with zero attached hydrogens (tertiary/aromatic N) is 2. The van der Waals surface area contributed by atoms with Gasteiger partial charge in [-0.3, -0.25) is 18.3 Å². The fraction of sp³-hybridized carbons (Fsp3) is 0.600. The highest BCUT2D eigenvalue weighted by Gasteiger charge is 2.59. The first-order valence-electron chi connectivity index (χ1n) is 10.5. The van der Waals surface area contributed by atoms with Crippen LogP contribution in [0.2, 0.25) is 0 Å². The third-order valence-electron chi connectivity index (χ3n) is 5.15. The van der Waals surface area contributed by atoms with Gasteiger partial charge in [0.25, 0.3) is 10.2 Å². The van der Waals surface area contributed by atoms with Gasteiger partial charge in [0.05, 0.1) is 11.4 Å².